The van der Waals surface area contributed by atoms with Gasteiger partial charge in [-0.25, -0.2) is 4.98 Å². The second-order valence-corrected chi connectivity index (χ2v) is 6.25. The first-order valence-electron chi connectivity index (χ1n) is 7.88. The zero-order valence-electron chi connectivity index (χ0n) is 14.1. The summed E-state index contributed by atoms with van der Waals surface area (Å²) in [4.78, 5) is 9.20. The van der Waals surface area contributed by atoms with Crippen LogP contribution < -0.4 is 9.47 Å². The van der Waals surface area contributed by atoms with E-state index < -0.39 is 0 Å². The Bertz CT molecular complexity index is 830. The molecule has 0 saturated heterocycles. The van der Waals surface area contributed by atoms with Gasteiger partial charge >= 0.3 is 0 Å². The number of methoxy groups -OCH3 is 2. The third kappa shape index (κ3) is 3.41. The highest BCUT2D eigenvalue weighted by molar-refractivity contribution is 7.13. The molecule has 0 unspecified atom stereocenters. The molecule has 0 aliphatic heterocycles. The summed E-state index contributed by atoms with van der Waals surface area (Å²) >= 11 is 1.62. The van der Waals surface area contributed by atoms with Gasteiger partial charge in [-0.05, 0) is 36.8 Å². The largest absolute Gasteiger partial charge is 0.497 e. The van der Waals surface area contributed by atoms with E-state index in [2.05, 4.69) is 18.0 Å². The van der Waals surface area contributed by atoms with E-state index >= 15 is 0 Å². The Morgan fingerprint density at radius 1 is 1.08 bits per heavy atom. The Morgan fingerprint density at radius 3 is 2.71 bits per heavy atom. The van der Waals surface area contributed by atoms with Crippen LogP contribution in [0.3, 0.4) is 0 Å². The van der Waals surface area contributed by atoms with Crippen LogP contribution in [0.5, 0.6) is 11.5 Å². The third-order valence-corrected chi connectivity index (χ3v) is 4.65. The number of rotatable bonds is 6. The predicted molar refractivity (Wildman–Crippen MR) is 97.9 cm³/mol. The number of nitrogens with zero attached hydrogens (tertiary/aromatic N) is 2. The summed E-state index contributed by atoms with van der Waals surface area (Å²) in [5.41, 5.74) is 4.03. The van der Waals surface area contributed by atoms with E-state index in [0.29, 0.717) is 0 Å². The number of ether oxygens (including phenoxy) is 2. The van der Waals surface area contributed by atoms with Crippen LogP contribution in [0.4, 0.5) is 0 Å². The SMILES string of the molecule is CCCc1cc(-c2nc(-c3cc(OC)ccc3OC)cs2)ccn1. The number of thiazole rings is 1. The first-order valence-corrected chi connectivity index (χ1v) is 8.76. The highest BCUT2D eigenvalue weighted by atomic mass is 32.1. The molecule has 3 aromatic rings. The van der Waals surface area contributed by atoms with Gasteiger partial charge in [0.15, 0.2) is 0 Å². The Morgan fingerprint density at radius 2 is 1.96 bits per heavy atom. The maximum absolute atomic E-state index is 5.46. The summed E-state index contributed by atoms with van der Waals surface area (Å²) < 4.78 is 10.8. The zero-order valence-corrected chi connectivity index (χ0v) is 14.9. The molecule has 24 heavy (non-hydrogen) atoms. The average molecular weight is 340 g/mol. The van der Waals surface area contributed by atoms with Crippen molar-refractivity contribution in [3.63, 3.8) is 0 Å². The van der Waals surface area contributed by atoms with Gasteiger partial charge in [0.05, 0.1) is 19.9 Å². The maximum Gasteiger partial charge on any atom is 0.128 e. The molecule has 0 spiro atoms. The molecule has 0 saturated carbocycles. The lowest BCUT2D eigenvalue weighted by Gasteiger charge is -2.08. The Kier molecular flexibility index (Phi) is 5.11. The van der Waals surface area contributed by atoms with Crippen LogP contribution >= 0.6 is 11.3 Å². The molecule has 124 valence electrons. The van der Waals surface area contributed by atoms with E-state index in [1.54, 1.807) is 25.6 Å². The van der Waals surface area contributed by atoms with Gasteiger partial charge in [0.25, 0.3) is 0 Å². The minimum atomic E-state index is 0.786. The van der Waals surface area contributed by atoms with Crippen LogP contribution in [0.25, 0.3) is 21.8 Å². The third-order valence-electron chi connectivity index (χ3n) is 3.76. The van der Waals surface area contributed by atoms with Gasteiger partial charge in [-0.2, -0.15) is 0 Å². The molecule has 5 heteroatoms. The molecule has 0 radical (unpaired) electrons. The van der Waals surface area contributed by atoms with Crippen LogP contribution in [0.1, 0.15) is 19.0 Å². The van der Waals surface area contributed by atoms with Crippen molar-refractivity contribution in [2.45, 2.75) is 19.8 Å². The van der Waals surface area contributed by atoms with Crippen LogP contribution in [0.2, 0.25) is 0 Å². The number of aryl methyl sites for hydroxylation is 1. The lowest BCUT2D eigenvalue weighted by molar-refractivity contribution is 0.404. The summed E-state index contributed by atoms with van der Waals surface area (Å²) in [5, 5.41) is 3.03. The normalized spacial score (nSPS) is 10.6. The number of hydrogen-bond acceptors (Lipinski definition) is 5. The first kappa shape index (κ1) is 16.5. The summed E-state index contributed by atoms with van der Waals surface area (Å²) in [5.74, 6) is 1.57. The molecule has 0 fully saturated rings. The molecule has 0 N–H and O–H groups in total. The number of hydrogen-bond donors (Lipinski definition) is 0. The topological polar surface area (TPSA) is 44.2 Å². The fraction of sp³-hybridized carbons (Fsp3) is 0.263. The number of benzene rings is 1. The van der Waals surface area contributed by atoms with Crippen LogP contribution in [-0.2, 0) is 6.42 Å². The van der Waals surface area contributed by atoms with E-state index in [-0.39, 0.29) is 0 Å². The van der Waals surface area contributed by atoms with Gasteiger partial charge in [-0.3, -0.25) is 4.98 Å². The summed E-state index contributed by atoms with van der Waals surface area (Å²) in [6.07, 6.45) is 3.92. The number of pyridine rings is 1. The minimum absolute atomic E-state index is 0.786. The fourth-order valence-electron chi connectivity index (χ4n) is 2.55. The van der Waals surface area contributed by atoms with Crippen molar-refractivity contribution in [2.24, 2.45) is 0 Å². The maximum atomic E-state index is 5.46. The van der Waals surface area contributed by atoms with Gasteiger partial charge < -0.3 is 9.47 Å². The highest BCUT2D eigenvalue weighted by Gasteiger charge is 2.13. The van der Waals surface area contributed by atoms with Crippen molar-refractivity contribution >= 4 is 11.3 Å². The first-order chi connectivity index (χ1) is 11.7. The van der Waals surface area contributed by atoms with Gasteiger partial charge in [0, 0.05) is 28.4 Å². The molecule has 0 bridgehead atoms. The van der Waals surface area contributed by atoms with Crippen molar-refractivity contribution in [3.8, 4) is 33.3 Å². The molecule has 2 aromatic heterocycles. The fourth-order valence-corrected chi connectivity index (χ4v) is 3.37. The minimum Gasteiger partial charge on any atom is -0.497 e. The van der Waals surface area contributed by atoms with Crippen molar-refractivity contribution in [1.29, 1.82) is 0 Å². The smallest absolute Gasteiger partial charge is 0.128 e. The molecule has 0 atom stereocenters. The molecule has 3 rings (SSSR count). The van der Waals surface area contributed by atoms with Crippen LogP contribution in [0.15, 0.2) is 41.9 Å². The quantitative estimate of drug-likeness (QED) is 0.644. The molecular weight excluding hydrogens is 320 g/mol. The van der Waals surface area contributed by atoms with Crippen molar-refractivity contribution in [1.82, 2.24) is 9.97 Å². The molecule has 0 aliphatic carbocycles. The lowest BCUT2D eigenvalue weighted by atomic mass is 10.1. The van der Waals surface area contributed by atoms with E-state index in [0.717, 1.165) is 51.9 Å². The van der Waals surface area contributed by atoms with Crippen molar-refractivity contribution < 1.29 is 9.47 Å². The second kappa shape index (κ2) is 7.45. The highest BCUT2D eigenvalue weighted by Crippen LogP contribution is 2.36. The second-order valence-electron chi connectivity index (χ2n) is 5.39. The van der Waals surface area contributed by atoms with Gasteiger partial charge in [0.1, 0.15) is 16.5 Å². The predicted octanol–water partition coefficient (Wildman–Crippen LogP) is 4.84. The van der Waals surface area contributed by atoms with E-state index in [1.807, 2.05) is 35.8 Å². The van der Waals surface area contributed by atoms with Crippen molar-refractivity contribution in [3.05, 3.63) is 47.6 Å². The zero-order chi connectivity index (χ0) is 16.9. The molecule has 2 heterocycles. The van der Waals surface area contributed by atoms with Gasteiger partial charge in [0.2, 0.25) is 0 Å². The Hall–Kier alpha value is -2.40. The van der Waals surface area contributed by atoms with Crippen LogP contribution in [0, 0.1) is 0 Å². The molecular formula is C19H20N2O2S. The Balaban J connectivity index is 1.98. The summed E-state index contributed by atoms with van der Waals surface area (Å²) in [6, 6.07) is 9.86. The standard InChI is InChI=1S/C19H20N2O2S/c1-4-5-14-10-13(8-9-20-14)19-21-17(12-24-19)16-11-15(22-2)6-7-18(16)23-3/h6-12H,4-5H2,1-3H3. The lowest BCUT2D eigenvalue weighted by Crippen LogP contribution is -1.91. The molecule has 0 aliphatic rings. The average Bonchev–Trinajstić information content (AvgIpc) is 3.11. The van der Waals surface area contributed by atoms with Gasteiger partial charge in [-0.1, -0.05) is 13.3 Å². The van der Waals surface area contributed by atoms with E-state index in [9.17, 15) is 0 Å². The number of aromatic nitrogens is 2. The molecule has 0 amide bonds. The summed E-state index contributed by atoms with van der Waals surface area (Å²) in [7, 11) is 3.32. The summed E-state index contributed by atoms with van der Waals surface area (Å²) in [6.45, 7) is 2.16. The molecule has 1 aromatic carbocycles. The van der Waals surface area contributed by atoms with E-state index in [1.165, 1.54) is 0 Å². The molecule has 4 nitrogen and oxygen atoms in total. The van der Waals surface area contributed by atoms with Crippen LogP contribution in [-0.4, -0.2) is 24.2 Å². The van der Waals surface area contributed by atoms with Crippen molar-refractivity contribution in [2.75, 3.05) is 14.2 Å². The van der Waals surface area contributed by atoms with Gasteiger partial charge in [-0.15, -0.1) is 11.3 Å². The van der Waals surface area contributed by atoms with E-state index in [4.69, 9.17) is 14.5 Å². The monoisotopic (exact) mass is 340 g/mol. The Labute approximate surface area is 146 Å².